The maximum Gasteiger partial charge on any atom is 0.309 e. The van der Waals surface area contributed by atoms with Crippen LogP contribution in [0, 0.1) is 0 Å². The van der Waals surface area contributed by atoms with Crippen LogP contribution in [0.15, 0.2) is 42.5 Å². The van der Waals surface area contributed by atoms with Gasteiger partial charge in [-0.25, -0.2) is 4.98 Å². The van der Waals surface area contributed by atoms with Crippen LogP contribution in [-0.2, 0) is 11.2 Å². The molecule has 1 N–H and O–H groups in total. The zero-order valence-corrected chi connectivity index (χ0v) is 9.96. The molecule has 1 aromatic carbocycles. The van der Waals surface area contributed by atoms with Gasteiger partial charge in [0.15, 0.2) is 0 Å². The minimum atomic E-state index is -0.906. The SMILES string of the molecule is COc1nc(CC(=O)O)ccc1-c1ccccc1. The minimum absolute atomic E-state index is 0.106. The number of pyridine rings is 1. The van der Waals surface area contributed by atoms with Crippen LogP contribution in [0.2, 0.25) is 0 Å². The Kier molecular flexibility index (Phi) is 3.57. The first-order valence-corrected chi connectivity index (χ1v) is 5.52. The highest BCUT2D eigenvalue weighted by atomic mass is 16.5. The maximum atomic E-state index is 10.6. The fourth-order valence-corrected chi connectivity index (χ4v) is 1.73. The highest BCUT2D eigenvalue weighted by Crippen LogP contribution is 2.28. The van der Waals surface area contributed by atoms with E-state index in [0.29, 0.717) is 11.6 Å². The third-order valence-corrected chi connectivity index (χ3v) is 2.53. The van der Waals surface area contributed by atoms with Gasteiger partial charge in [0, 0.05) is 5.56 Å². The molecule has 0 atom stereocenters. The lowest BCUT2D eigenvalue weighted by molar-refractivity contribution is -0.136. The summed E-state index contributed by atoms with van der Waals surface area (Å²) in [6, 6.07) is 13.2. The van der Waals surface area contributed by atoms with E-state index in [9.17, 15) is 4.79 Å². The number of aliphatic carboxylic acids is 1. The number of methoxy groups -OCH3 is 1. The lowest BCUT2D eigenvalue weighted by atomic mass is 10.1. The Hall–Kier alpha value is -2.36. The predicted molar refractivity (Wildman–Crippen MR) is 67.6 cm³/mol. The standard InChI is InChI=1S/C14H13NO3/c1-18-14-12(10-5-3-2-4-6-10)8-7-11(15-14)9-13(16)17/h2-8H,9H2,1H3,(H,16,17). The van der Waals surface area contributed by atoms with Crippen LogP contribution in [0.5, 0.6) is 5.88 Å². The van der Waals surface area contributed by atoms with Gasteiger partial charge in [-0.3, -0.25) is 4.79 Å². The number of carboxylic acid groups (broad SMARTS) is 1. The maximum absolute atomic E-state index is 10.6. The second kappa shape index (κ2) is 5.31. The van der Waals surface area contributed by atoms with Crippen LogP contribution in [-0.4, -0.2) is 23.2 Å². The molecule has 0 saturated carbocycles. The normalized spacial score (nSPS) is 10.1. The van der Waals surface area contributed by atoms with Crippen molar-refractivity contribution in [1.29, 1.82) is 0 Å². The largest absolute Gasteiger partial charge is 0.481 e. The number of benzene rings is 1. The van der Waals surface area contributed by atoms with E-state index < -0.39 is 5.97 Å². The third kappa shape index (κ3) is 2.66. The van der Waals surface area contributed by atoms with E-state index in [4.69, 9.17) is 9.84 Å². The molecule has 2 rings (SSSR count). The third-order valence-electron chi connectivity index (χ3n) is 2.53. The molecule has 0 aliphatic carbocycles. The van der Waals surface area contributed by atoms with Crippen LogP contribution in [0.3, 0.4) is 0 Å². The van der Waals surface area contributed by atoms with E-state index in [2.05, 4.69) is 4.98 Å². The molecular formula is C14H13NO3. The highest BCUT2D eigenvalue weighted by Gasteiger charge is 2.10. The van der Waals surface area contributed by atoms with Crippen molar-refractivity contribution in [3.05, 3.63) is 48.2 Å². The second-order valence-corrected chi connectivity index (χ2v) is 3.80. The molecular weight excluding hydrogens is 230 g/mol. The van der Waals surface area contributed by atoms with Crippen LogP contribution in [0.25, 0.3) is 11.1 Å². The van der Waals surface area contributed by atoms with Gasteiger partial charge in [-0.2, -0.15) is 0 Å². The van der Waals surface area contributed by atoms with Gasteiger partial charge in [0.2, 0.25) is 5.88 Å². The molecule has 0 spiro atoms. The van der Waals surface area contributed by atoms with Crippen LogP contribution >= 0.6 is 0 Å². The summed E-state index contributed by atoms with van der Waals surface area (Å²) >= 11 is 0. The summed E-state index contributed by atoms with van der Waals surface area (Å²) in [7, 11) is 1.53. The molecule has 0 fully saturated rings. The summed E-state index contributed by atoms with van der Waals surface area (Å²) in [5.41, 5.74) is 2.33. The molecule has 0 saturated heterocycles. The van der Waals surface area contributed by atoms with Crippen molar-refractivity contribution in [3.63, 3.8) is 0 Å². The summed E-state index contributed by atoms with van der Waals surface area (Å²) in [6.07, 6.45) is -0.106. The predicted octanol–water partition coefficient (Wildman–Crippen LogP) is 2.38. The number of rotatable bonds is 4. The number of hydrogen-bond donors (Lipinski definition) is 1. The molecule has 0 amide bonds. The monoisotopic (exact) mass is 243 g/mol. The summed E-state index contributed by atoms with van der Waals surface area (Å²) in [5, 5.41) is 8.74. The highest BCUT2D eigenvalue weighted by molar-refractivity contribution is 5.72. The van der Waals surface area contributed by atoms with Gasteiger partial charge >= 0.3 is 5.97 Å². The van der Waals surface area contributed by atoms with Crippen LogP contribution in [0.1, 0.15) is 5.69 Å². The second-order valence-electron chi connectivity index (χ2n) is 3.80. The molecule has 0 unspecified atom stereocenters. The zero-order valence-electron chi connectivity index (χ0n) is 9.96. The van der Waals surface area contributed by atoms with Gasteiger partial charge in [0.05, 0.1) is 19.2 Å². The van der Waals surface area contributed by atoms with Crippen LogP contribution in [0.4, 0.5) is 0 Å². The van der Waals surface area contributed by atoms with E-state index in [1.54, 1.807) is 6.07 Å². The van der Waals surface area contributed by atoms with Crippen molar-refractivity contribution in [2.75, 3.05) is 7.11 Å². The fourth-order valence-electron chi connectivity index (χ4n) is 1.73. The first kappa shape index (κ1) is 12.1. The first-order chi connectivity index (χ1) is 8.70. The number of aromatic nitrogens is 1. The quantitative estimate of drug-likeness (QED) is 0.895. The van der Waals surface area contributed by atoms with Gasteiger partial charge in [-0.1, -0.05) is 30.3 Å². The average molecular weight is 243 g/mol. The molecule has 4 heteroatoms. The van der Waals surface area contributed by atoms with Crippen LogP contribution < -0.4 is 4.74 Å². The number of ether oxygens (including phenoxy) is 1. The molecule has 1 aromatic heterocycles. The van der Waals surface area contributed by atoms with Crippen molar-refractivity contribution in [2.24, 2.45) is 0 Å². The van der Waals surface area contributed by atoms with Gasteiger partial charge in [-0.05, 0) is 17.7 Å². The van der Waals surface area contributed by atoms with E-state index in [0.717, 1.165) is 11.1 Å². The molecule has 2 aromatic rings. The Bertz CT molecular complexity index is 552. The lowest BCUT2D eigenvalue weighted by Gasteiger charge is -2.08. The molecule has 0 aliphatic heterocycles. The van der Waals surface area contributed by atoms with E-state index in [-0.39, 0.29) is 6.42 Å². The summed E-state index contributed by atoms with van der Waals surface area (Å²) in [6.45, 7) is 0. The summed E-state index contributed by atoms with van der Waals surface area (Å²) in [4.78, 5) is 14.8. The summed E-state index contributed by atoms with van der Waals surface area (Å²) in [5.74, 6) is -0.461. The molecule has 0 bridgehead atoms. The van der Waals surface area contributed by atoms with E-state index in [1.807, 2.05) is 36.4 Å². The molecule has 0 aliphatic rings. The number of nitrogens with zero attached hydrogens (tertiary/aromatic N) is 1. The molecule has 92 valence electrons. The Morgan fingerprint density at radius 3 is 2.56 bits per heavy atom. The molecule has 4 nitrogen and oxygen atoms in total. The van der Waals surface area contributed by atoms with Gasteiger partial charge < -0.3 is 9.84 Å². The molecule has 0 radical (unpaired) electrons. The first-order valence-electron chi connectivity index (χ1n) is 5.52. The minimum Gasteiger partial charge on any atom is -0.481 e. The number of hydrogen-bond acceptors (Lipinski definition) is 3. The topological polar surface area (TPSA) is 59.4 Å². The fraction of sp³-hybridized carbons (Fsp3) is 0.143. The Labute approximate surface area is 105 Å². The molecule has 18 heavy (non-hydrogen) atoms. The van der Waals surface area contributed by atoms with Crippen molar-refractivity contribution < 1.29 is 14.6 Å². The lowest BCUT2D eigenvalue weighted by Crippen LogP contribution is -2.03. The van der Waals surface area contributed by atoms with Crippen molar-refractivity contribution >= 4 is 5.97 Å². The smallest absolute Gasteiger partial charge is 0.309 e. The van der Waals surface area contributed by atoms with Crippen molar-refractivity contribution in [1.82, 2.24) is 4.98 Å². The zero-order chi connectivity index (χ0) is 13.0. The van der Waals surface area contributed by atoms with Crippen molar-refractivity contribution in [2.45, 2.75) is 6.42 Å². The van der Waals surface area contributed by atoms with E-state index >= 15 is 0 Å². The van der Waals surface area contributed by atoms with Gasteiger partial charge in [-0.15, -0.1) is 0 Å². The molecule has 1 heterocycles. The van der Waals surface area contributed by atoms with Gasteiger partial charge in [0.25, 0.3) is 0 Å². The average Bonchev–Trinajstić information content (AvgIpc) is 2.39. The Morgan fingerprint density at radius 2 is 1.94 bits per heavy atom. The van der Waals surface area contributed by atoms with E-state index in [1.165, 1.54) is 7.11 Å². The van der Waals surface area contributed by atoms with Gasteiger partial charge in [0.1, 0.15) is 0 Å². The number of carboxylic acids is 1. The Balaban J connectivity index is 2.41. The summed E-state index contributed by atoms with van der Waals surface area (Å²) < 4.78 is 5.22. The van der Waals surface area contributed by atoms with Crippen molar-refractivity contribution in [3.8, 4) is 17.0 Å². The Morgan fingerprint density at radius 1 is 1.22 bits per heavy atom. The number of carbonyl (C=O) groups is 1.